The third-order valence-corrected chi connectivity index (χ3v) is 3.91. The summed E-state index contributed by atoms with van der Waals surface area (Å²) in [5.41, 5.74) is 1.19. The molecule has 104 valence electrons. The smallest absolute Gasteiger partial charge is 0.410 e. The van der Waals surface area contributed by atoms with Gasteiger partial charge >= 0.3 is 6.09 Å². The Hall–Kier alpha value is -2.03. The minimum atomic E-state index is -0.223. The molecule has 1 aliphatic heterocycles. The Morgan fingerprint density at radius 3 is 2.45 bits per heavy atom. The van der Waals surface area contributed by atoms with Crippen LogP contribution in [0.2, 0.25) is 0 Å². The first-order chi connectivity index (χ1) is 9.75. The van der Waals surface area contributed by atoms with Gasteiger partial charge in [0.25, 0.3) is 0 Å². The van der Waals surface area contributed by atoms with E-state index in [0.29, 0.717) is 5.75 Å². The summed E-state index contributed by atoms with van der Waals surface area (Å²) in [6.07, 6.45) is 3.13. The van der Waals surface area contributed by atoms with Crippen molar-refractivity contribution in [2.24, 2.45) is 0 Å². The third-order valence-electron chi connectivity index (χ3n) is 3.91. The monoisotopic (exact) mass is 269 g/mol. The first-order valence-corrected chi connectivity index (χ1v) is 7.21. The number of benzene rings is 2. The number of rotatable bonds is 1. The Bertz CT molecular complexity index is 630. The molecule has 3 heteroatoms. The summed E-state index contributed by atoms with van der Waals surface area (Å²) in [6, 6.07) is 11.9. The van der Waals surface area contributed by atoms with Crippen LogP contribution in [0.3, 0.4) is 0 Å². The quantitative estimate of drug-likeness (QED) is 0.779. The van der Waals surface area contributed by atoms with Crippen LogP contribution in [0, 0.1) is 6.92 Å². The normalized spacial score (nSPS) is 15.3. The van der Waals surface area contributed by atoms with E-state index in [9.17, 15) is 4.79 Å². The van der Waals surface area contributed by atoms with Gasteiger partial charge in [0.15, 0.2) is 0 Å². The molecule has 0 bridgehead atoms. The molecule has 1 amide bonds. The number of amides is 1. The van der Waals surface area contributed by atoms with Crippen LogP contribution < -0.4 is 4.74 Å². The van der Waals surface area contributed by atoms with Crippen molar-refractivity contribution >= 4 is 16.9 Å². The van der Waals surface area contributed by atoms with E-state index >= 15 is 0 Å². The molecule has 0 radical (unpaired) electrons. The van der Waals surface area contributed by atoms with Crippen LogP contribution in [0.25, 0.3) is 10.8 Å². The highest BCUT2D eigenvalue weighted by Gasteiger charge is 2.19. The first kappa shape index (κ1) is 13.0. The summed E-state index contributed by atoms with van der Waals surface area (Å²) >= 11 is 0. The third kappa shape index (κ3) is 2.48. The standard InChI is InChI=1S/C17H19NO2/c1-13-9-10-16(15-8-4-3-7-14(13)15)20-17(19)18-11-5-2-6-12-18/h3-4,7-10H,2,5-6,11-12H2,1H3. The van der Waals surface area contributed by atoms with E-state index in [1.165, 1.54) is 12.0 Å². The molecule has 1 aliphatic rings. The van der Waals surface area contributed by atoms with Crippen molar-refractivity contribution < 1.29 is 9.53 Å². The first-order valence-electron chi connectivity index (χ1n) is 7.21. The minimum absolute atomic E-state index is 0.223. The Labute approximate surface area is 119 Å². The maximum absolute atomic E-state index is 12.2. The van der Waals surface area contributed by atoms with E-state index in [1.807, 2.05) is 30.3 Å². The number of fused-ring (bicyclic) bond motifs is 1. The Kier molecular flexibility index (Phi) is 3.59. The Morgan fingerprint density at radius 2 is 1.70 bits per heavy atom. The average molecular weight is 269 g/mol. The van der Waals surface area contributed by atoms with Gasteiger partial charge in [-0.05, 0) is 43.2 Å². The van der Waals surface area contributed by atoms with Crippen molar-refractivity contribution in [3.8, 4) is 5.75 Å². The molecule has 3 nitrogen and oxygen atoms in total. The molecule has 1 saturated heterocycles. The fourth-order valence-corrected chi connectivity index (χ4v) is 2.75. The summed E-state index contributed by atoms with van der Waals surface area (Å²) in [5, 5.41) is 2.13. The molecule has 3 rings (SSSR count). The lowest BCUT2D eigenvalue weighted by Crippen LogP contribution is -2.37. The largest absolute Gasteiger partial charge is 0.415 e. The molecule has 0 aromatic heterocycles. The predicted molar refractivity (Wildman–Crippen MR) is 80.1 cm³/mol. The second-order valence-corrected chi connectivity index (χ2v) is 5.34. The van der Waals surface area contributed by atoms with Gasteiger partial charge in [-0.2, -0.15) is 0 Å². The second-order valence-electron chi connectivity index (χ2n) is 5.34. The number of carbonyl (C=O) groups is 1. The highest BCUT2D eigenvalue weighted by atomic mass is 16.6. The number of ether oxygens (including phenoxy) is 1. The van der Waals surface area contributed by atoms with Crippen LogP contribution in [0.15, 0.2) is 36.4 Å². The van der Waals surface area contributed by atoms with Gasteiger partial charge < -0.3 is 9.64 Å². The highest BCUT2D eigenvalue weighted by Crippen LogP contribution is 2.28. The Balaban J connectivity index is 1.87. The lowest BCUT2D eigenvalue weighted by atomic mass is 10.1. The maximum Gasteiger partial charge on any atom is 0.415 e. The van der Waals surface area contributed by atoms with Crippen molar-refractivity contribution in [1.82, 2.24) is 4.90 Å². The SMILES string of the molecule is Cc1ccc(OC(=O)N2CCCCC2)c2ccccc12. The zero-order chi connectivity index (χ0) is 13.9. The number of carbonyl (C=O) groups excluding carboxylic acids is 1. The van der Waals surface area contributed by atoms with Crippen molar-refractivity contribution in [2.45, 2.75) is 26.2 Å². The lowest BCUT2D eigenvalue weighted by Gasteiger charge is -2.26. The van der Waals surface area contributed by atoms with Crippen molar-refractivity contribution in [2.75, 3.05) is 13.1 Å². The molecule has 0 saturated carbocycles. The van der Waals surface area contributed by atoms with E-state index in [4.69, 9.17) is 4.74 Å². The number of likely N-dealkylation sites (tertiary alicyclic amines) is 1. The fourth-order valence-electron chi connectivity index (χ4n) is 2.75. The molecule has 2 aromatic rings. The van der Waals surface area contributed by atoms with Gasteiger partial charge in [-0.1, -0.05) is 30.3 Å². The number of piperidine rings is 1. The maximum atomic E-state index is 12.2. The molecule has 0 aliphatic carbocycles. The number of aryl methyl sites for hydroxylation is 1. The van der Waals surface area contributed by atoms with Gasteiger partial charge in [-0.25, -0.2) is 4.79 Å². The summed E-state index contributed by atoms with van der Waals surface area (Å²) in [5.74, 6) is 0.654. The summed E-state index contributed by atoms with van der Waals surface area (Å²) in [4.78, 5) is 14.0. The van der Waals surface area contributed by atoms with Gasteiger partial charge in [0.05, 0.1) is 0 Å². The van der Waals surface area contributed by atoms with Crippen LogP contribution in [0.5, 0.6) is 5.75 Å². The molecule has 1 heterocycles. The second kappa shape index (κ2) is 5.53. The van der Waals surface area contributed by atoms with Gasteiger partial charge in [-0.3, -0.25) is 0 Å². The summed E-state index contributed by atoms with van der Waals surface area (Å²) in [7, 11) is 0. The predicted octanol–water partition coefficient (Wildman–Crippen LogP) is 4.13. The molecule has 1 fully saturated rings. The van der Waals surface area contributed by atoms with Crippen LogP contribution in [-0.4, -0.2) is 24.1 Å². The molecule has 20 heavy (non-hydrogen) atoms. The Morgan fingerprint density at radius 1 is 1.00 bits per heavy atom. The van der Waals surface area contributed by atoms with E-state index < -0.39 is 0 Å². The van der Waals surface area contributed by atoms with Gasteiger partial charge in [-0.15, -0.1) is 0 Å². The molecule has 2 aromatic carbocycles. The fraction of sp³-hybridized carbons (Fsp3) is 0.353. The van der Waals surface area contributed by atoms with Crippen molar-refractivity contribution in [1.29, 1.82) is 0 Å². The molecule has 0 unspecified atom stereocenters. The molecular formula is C17H19NO2. The number of hydrogen-bond acceptors (Lipinski definition) is 2. The van der Waals surface area contributed by atoms with E-state index in [-0.39, 0.29) is 6.09 Å². The zero-order valence-corrected chi connectivity index (χ0v) is 11.8. The summed E-state index contributed by atoms with van der Waals surface area (Å²) in [6.45, 7) is 3.68. The average Bonchev–Trinajstić information content (AvgIpc) is 2.51. The van der Waals surface area contributed by atoms with Crippen molar-refractivity contribution in [3.05, 3.63) is 42.0 Å². The molecular weight excluding hydrogens is 250 g/mol. The lowest BCUT2D eigenvalue weighted by molar-refractivity contribution is 0.143. The van der Waals surface area contributed by atoms with E-state index in [0.717, 1.165) is 36.7 Å². The minimum Gasteiger partial charge on any atom is -0.410 e. The number of nitrogens with zero attached hydrogens (tertiary/aromatic N) is 1. The van der Waals surface area contributed by atoms with Crippen LogP contribution in [-0.2, 0) is 0 Å². The summed E-state index contributed by atoms with van der Waals surface area (Å²) < 4.78 is 5.61. The van der Waals surface area contributed by atoms with Crippen LogP contribution in [0.4, 0.5) is 4.79 Å². The van der Waals surface area contributed by atoms with E-state index in [1.54, 1.807) is 4.90 Å². The molecule has 0 atom stereocenters. The zero-order valence-electron chi connectivity index (χ0n) is 11.8. The van der Waals surface area contributed by atoms with Gasteiger partial charge in [0.2, 0.25) is 0 Å². The topological polar surface area (TPSA) is 29.5 Å². The molecule has 0 N–H and O–H groups in total. The van der Waals surface area contributed by atoms with Crippen LogP contribution in [0.1, 0.15) is 24.8 Å². The van der Waals surface area contributed by atoms with Gasteiger partial charge in [0, 0.05) is 18.5 Å². The van der Waals surface area contributed by atoms with Crippen LogP contribution >= 0.6 is 0 Å². The molecule has 0 spiro atoms. The van der Waals surface area contributed by atoms with E-state index in [2.05, 4.69) is 13.0 Å². The highest BCUT2D eigenvalue weighted by molar-refractivity contribution is 5.92. The van der Waals surface area contributed by atoms with Gasteiger partial charge in [0.1, 0.15) is 5.75 Å². The van der Waals surface area contributed by atoms with Crippen molar-refractivity contribution in [3.63, 3.8) is 0 Å². The number of hydrogen-bond donors (Lipinski definition) is 0.